The smallest absolute Gasteiger partial charge is 0.327 e. The van der Waals surface area contributed by atoms with Crippen molar-refractivity contribution in [2.75, 3.05) is 18.5 Å². The molecule has 0 saturated carbocycles. The number of nitrogens with one attached hydrogen (secondary N) is 3. The Morgan fingerprint density at radius 3 is 2.59 bits per heavy atom. The number of aliphatic hydroxyl groups is 3. The maximum absolute atomic E-state index is 11.7. The van der Waals surface area contributed by atoms with Gasteiger partial charge in [0.1, 0.15) is 5.82 Å². The molecule has 1 aromatic heterocycles. The molecule has 0 aliphatic carbocycles. The highest BCUT2D eigenvalue weighted by Gasteiger charge is 2.13. The largest absolute Gasteiger partial charge is 0.394 e. The maximum atomic E-state index is 11.7. The van der Waals surface area contributed by atoms with E-state index in [4.69, 9.17) is 5.11 Å². The van der Waals surface area contributed by atoms with Crippen LogP contribution in [0.15, 0.2) is 14.6 Å². The molecular weight excluding hydrogens is 296 g/mol. The molecule has 0 fully saturated rings. The Kier molecular flexibility index (Phi) is 6.63. The van der Waals surface area contributed by atoms with Crippen molar-refractivity contribution >= 4 is 23.5 Å². The Morgan fingerprint density at radius 2 is 2.00 bits per heavy atom. The highest BCUT2D eigenvalue weighted by Crippen LogP contribution is 2.14. The van der Waals surface area contributed by atoms with Gasteiger partial charge in [0.25, 0.3) is 5.56 Å². The van der Waals surface area contributed by atoms with E-state index in [1.165, 1.54) is 6.92 Å². The van der Waals surface area contributed by atoms with Gasteiger partial charge in [-0.15, -0.1) is 0 Å². The van der Waals surface area contributed by atoms with Crippen molar-refractivity contribution in [2.45, 2.75) is 25.6 Å². The molecule has 10 nitrogen and oxygen atoms in total. The average Bonchev–Trinajstić information content (AvgIpc) is 2.43. The second-order valence-electron chi connectivity index (χ2n) is 4.61. The quantitative estimate of drug-likeness (QED) is 0.298. The van der Waals surface area contributed by atoms with Crippen LogP contribution < -0.4 is 16.6 Å². The summed E-state index contributed by atoms with van der Waals surface area (Å²) in [7, 11) is 0. The van der Waals surface area contributed by atoms with E-state index in [-0.39, 0.29) is 30.3 Å². The minimum atomic E-state index is -1.08. The fourth-order valence-electron chi connectivity index (χ4n) is 1.58. The molecule has 122 valence electrons. The number of rotatable bonds is 8. The number of hydrogen-bond acceptors (Lipinski definition) is 8. The molecule has 0 spiro atoms. The Bertz CT molecular complexity index is 650. The van der Waals surface area contributed by atoms with Crippen LogP contribution in [0.3, 0.4) is 0 Å². The zero-order valence-electron chi connectivity index (χ0n) is 11.9. The van der Waals surface area contributed by atoms with Gasteiger partial charge >= 0.3 is 5.69 Å². The summed E-state index contributed by atoms with van der Waals surface area (Å²) in [4.78, 5) is 41.7. The number of aromatic amines is 2. The number of ketones is 1. The number of Topliss-reactive ketones (excluding diaryl/α,β-unsaturated/α-hetero) is 1. The van der Waals surface area contributed by atoms with Gasteiger partial charge in [0.2, 0.25) is 0 Å². The average molecular weight is 314 g/mol. The van der Waals surface area contributed by atoms with Gasteiger partial charge in [0.05, 0.1) is 25.0 Å². The molecule has 6 N–H and O–H groups in total. The van der Waals surface area contributed by atoms with Crippen molar-refractivity contribution in [3.63, 3.8) is 0 Å². The van der Waals surface area contributed by atoms with Crippen molar-refractivity contribution < 1.29 is 20.1 Å². The van der Waals surface area contributed by atoms with E-state index < -0.39 is 30.1 Å². The first-order valence-corrected chi connectivity index (χ1v) is 6.45. The number of carbonyl (C=O) groups excluding carboxylic acids is 1. The van der Waals surface area contributed by atoms with Gasteiger partial charge in [0, 0.05) is 19.9 Å². The molecular formula is C12H18N4O6. The summed E-state index contributed by atoms with van der Waals surface area (Å²) in [5.74, 6) is -0.452. The van der Waals surface area contributed by atoms with Gasteiger partial charge in [-0.1, -0.05) is 0 Å². The first-order valence-electron chi connectivity index (χ1n) is 6.45. The van der Waals surface area contributed by atoms with Gasteiger partial charge < -0.3 is 20.6 Å². The van der Waals surface area contributed by atoms with E-state index in [1.807, 2.05) is 4.98 Å². The summed E-state index contributed by atoms with van der Waals surface area (Å²) in [6, 6.07) is 0. The van der Waals surface area contributed by atoms with E-state index in [0.29, 0.717) is 0 Å². The second-order valence-corrected chi connectivity index (χ2v) is 4.61. The number of aromatic nitrogens is 2. The molecule has 0 radical (unpaired) electrons. The predicted molar refractivity (Wildman–Crippen MR) is 78.7 cm³/mol. The molecule has 1 rings (SSSR count). The zero-order chi connectivity index (χ0) is 16.7. The number of anilines is 1. The molecule has 0 bridgehead atoms. The van der Waals surface area contributed by atoms with Gasteiger partial charge in [-0.05, 0) is 0 Å². The van der Waals surface area contributed by atoms with Crippen LogP contribution in [-0.2, 0) is 4.79 Å². The van der Waals surface area contributed by atoms with Gasteiger partial charge in [-0.25, -0.2) is 9.79 Å². The lowest BCUT2D eigenvalue weighted by Gasteiger charge is -2.15. The van der Waals surface area contributed by atoms with E-state index >= 15 is 0 Å². The SMILES string of the molecule is CC(=O)C=Nc1c(NC[C@H](O)C[C@H](O)CO)[nH]c(=O)[nH]c1=O. The minimum absolute atomic E-state index is 0.0659. The Morgan fingerprint density at radius 1 is 1.32 bits per heavy atom. The fraction of sp³-hybridized carbons (Fsp3) is 0.500. The number of aliphatic imine (C=N–C) groups is 1. The third-order valence-corrected chi connectivity index (χ3v) is 2.56. The minimum Gasteiger partial charge on any atom is -0.394 e. The van der Waals surface area contributed by atoms with Gasteiger partial charge in [-0.2, -0.15) is 0 Å². The summed E-state index contributed by atoms with van der Waals surface area (Å²) in [5, 5.41) is 30.1. The van der Waals surface area contributed by atoms with Crippen LogP contribution in [0.1, 0.15) is 13.3 Å². The molecule has 0 aliphatic heterocycles. The molecule has 10 heteroatoms. The van der Waals surface area contributed by atoms with Crippen molar-refractivity contribution in [3.8, 4) is 0 Å². The molecule has 2 atom stereocenters. The monoisotopic (exact) mass is 314 g/mol. The number of nitrogens with zero attached hydrogens (tertiary/aromatic N) is 1. The van der Waals surface area contributed by atoms with E-state index in [0.717, 1.165) is 6.21 Å². The van der Waals surface area contributed by atoms with Crippen molar-refractivity contribution in [1.82, 2.24) is 9.97 Å². The molecule has 1 aromatic rings. The van der Waals surface area contributed by atoms with Crippen LogP contribution in [0.5, 0.6) is 0 Å². The Labute approximate surface area is 124 Å². The van der Waals surface area contributed by atoms with Gasteiger partial charge in [-0.3, -0.25) is 19.6 Å². The zero-order valence-corrected chi connectivity index (χ0v) is 11.9. The van der Waals surface area contributed by atoms with E-state index in [1.54, 1.807) is 0 Å². The highest BCUT2D eigenvalue weighted by molar-refractivity contribution is 6.26. The lowest BCUT2D eigenvalue weighted by molar-refractivity contribution is -0.110. The van der Waals surface area contributed by atoms with Crippen LogP contribution in [0, 0.1) is 0 Å². The van der Waals surface area contributed by atoms with Crippen molar-refractivity contribution in [1.29, 1.82) is 0 Å². The standard InChI is InChI=1S/C12H18N4O6/c1-6(18)3-13-9-10(15-12(22)16-11(9)21)14-4-7(19)2-8(20)5-17/h3,7-8,17,19-20H,2,4-5H2,1H3,(H3,14,15,16,21,22)/t7-,8+/m1/s1. The Balaban J connectivity index is 2.91. The van der Waals surface area contributed by atoms with E-state index in [2.05, 4.69) is 15.3 Å². The summed E-state index contributed by atoms with van der Waals surface area (Å²) in [5.41, 5.74) is -1.79. The van der Waals surface area contributed by atoms with Crippen LogP contribution in [0.25, 0.3) is 0 Å². The number of carbonyl (C=O) groups is 1. The summed E-state index contributed by atoms with van der Waals surface area (Å²) >= 11 is 0. The molecule has 0 unspecified atom stereocenters. The van der Waals surface area contributed by atoms with Crippen LogP contribution in [0.4, 0.5) is 11.5 Å². The molecule has 1 heterocycles. The second kappa shape index (κ2) is 8.22. The predicted octanol–water partition coefficient (Wildman–Crippen LogP) is -2.13. The molecule has 0 aliphatic rings. The maximum Gasteiger partial charge on any atom is 0.327 e. The number of aliphatic hydroxyl groups excluding tert-OH is 3. The number of H-pyrrole nitrogens is 2. The van der Waals surface area contributed by atoms with Crippen LogP contribution in [-0.4, -0.2) is 62.6 Å². The van der Waals surface area contributed by atoms with Gasteiger partial charge in [0.15, 0.2) is 11.5 Å². The van der Waals surface area contributed by atoms with Crippen molar-refractivity contribution in [3.05, 3.63) is 20.8 Å². The third-order valence-electron chi connectivity index (χ3n) is 2.56. The first kappa shape index (κ1) is 17.8. The third kappa shape index (κ3) is 5.60. The normalized spacial score (nSPS) is 14.0. The van der Waals surface area contributed by atoms with Crippen LogP contribution in [0.2, 0.25) is 0 Å². The molecule has 22 heavy (non-hydrogen) atoms. The topological polar surface area (TPSA) is 168 Å². The lowest BCUT2D eigenvalue weighted by Crippen LogP contribution is -2.29. The molecule has 0 saturated heterocycles. The molecule has 0 amide bonds. The summed E-state index contributed by atoms with van der Waals surface area (Å²) in [6.07, 6.45) is -1.29. The highest BCUT2D eigenvalue weighted by atomic mass is 16.3. The summed E-state index contributed by atoms with van der Waals surface area (Å²) in [6.45, 7) is 0.641. The summed E-state index contributed by atoms with van der Waals surface area (Å²) < 4.78 is 0. The van der Waals surface area contributed by atoms with Crippen LogP contribution >= 0.6 is 0 Å². The first-order chi connectivity index (χ1) is 10.3. The Hall–Kier alpha value is -2.30. The van der Waals surface area contributed by atoms with E-state index in [9.17, 15) is 24.6 Å². The fourth-order valence-corrected chi connectivity index (χ4v) is 1.58. The number of hydrogen-bond donors (Lipinski definition) is 6. The lowest BCUT2D eigenvalue weighted by atomic mass is 10.1. The molecule has 0 aromatic carbocycles. The van der Waals surface area contributed by atoms with Crippen molar-refractivity contribution in [2.24, 2.45) is 4.99 Å².